The summed E-state index contributed by atoms with van der Waals surface area (Å²) in [5.74, 6) is -0.143. The molecule has 0 spiro atoms. The average Bonchev–Trinajstić information content (AvgIpc) is 3.17. The van der Waals surface area contributed by atoms with Crippen molar-refractivity contribution in [2.45, 2.75) is 13.5 Å². The zero-order valence-corrected chi connectivity index (χ0v) is 24.3. The van der Waals surface area contributed by atoms with Crippen molar-refractivity contribution >= 4 is 74.8 Å². The summed E-state index contributed by atoms with van der Waals surface area (Å²) in [7, 11) is 0. The molecule has 39 heavy (non-hydrogen) atoms. The Bertz CT molecular complexity index is 1520. The number of halogens is 2. The van der Waals surface area contributed by atoms with Crippen molar-refractivity contribution in [3.8, 4) is 17.6 Å². The second-order valence-electron chi connectivity index (χ2n) is 8.12. The molecule has 11 heteroatoms. The fraction of sp³-hybridized carbons (Fsp3) is 0.143. The van der Waals surface area contributed by atoms with Crippen molar-refractivity contribution in [1.29, 1.82) is 5.26 Å². The lowest BCUT2D eigenvalue weighted by atomic mass is 10.1. The number of hydrogen-bond donors (Lipinski definition) is 1. The highest BCUT2D eigenvalue weighted by Crippen LogP contribution is 2.38. The van der Waals surface area contributed by atoms with Gasteiger partial charge < -0.3 is 14.8 Å². The highest BCUT2D eigenvalue weighted by atomic mass is 127. The van der Waals surface area contributed by atoms with Gasteiger partial charge >= 0.3 is 0 Å². The lowest BCUT2D eigenvalue weighted by molar-refractivity contribution is -0.127. The van der Waals surface area contributed by atoms with Crippen molar-refractivity contribution in [2.75, 3.05) is 18.5 Å². The molecule has 1 aliphatic heterocycles. The van der Waals surface area contributed by atoms with Crippen molar-refractivity contribution in [2.24, 2.45) is 0 Å². The third kappa shape index (κ3) is 6.92. The smallest absolute Gasteiger partial charge is 0.294 e. The Morgan fingerprint density at radius 2 is 1.90 bits per heavy atom. The SMILES string of the molecule is CCOc1cc(/C=C2/SC(=O)N(CC(=O)Nc3ccccc3Cl)C2=O)cc(I)c1OCc1ccccc1C#N. The molecule has 1 heterocycles. The van der Waals surface area contributed by atoms with Crippen molar-refractivity contribution in [1.82, 2.24) is 4.90 Å². The number of benzene rings is 3. The van der Waals surface area contributed by atoms with E-state index in [9.17, 15) is 19.6 Å². The topological polar surface area (TPSA) is 109 Å². The third-order valence-corrected chi connectivity index (χ3v) is 7.50. The molecule has 3 amide bonds. The Morgan fingerprint density at radius 1 is 1.15 bits per heavy atom. The summed E-state index contributed by atoms with van der Waals surface area (Å²) < 4.78 is 12.6. The predicted molar refractivity (Wildman–Crippen MR) is 159 cm³/mol. The number of amides is 3. The summed E-state index contributed by atoms with van der Waals surface area (Å²) in [6.45, 7) is 1.95. The first-order chi connectivity index (χ1) is 18.8. The van der Waals surface area contributed by atoms with Crippen LogP contribution in [-0.4, -0.2) is 35.1 Å². The number of carbonyl (C=O) groups excluding carboxylic acids is 3. The molecule has 0 bridgehead atoms. The van der Waals surface area contributed by atoms with Crippen LogP contribution in [0.1, 0.15) is 23.6 Å². The Labute approximate surface area is 248 Å². The molecule has 8 nitrogen and oxygen atoms in total. The molecule has 198 valence electrons. The molecule has 3 aromatic rings. The van der Waals surface area contributed by atoms with Crippen LogP contribution in [0, 0.1) is 14.9 Å². The summed E-state index contributed by atoms with van der Waals surface area (Å²) >= 11 is 8.94. The fourth-order valence-corrected chi connectivity index (χ4v) is 5.47. The van der Waals surface area contributed by atoms with Crippen LogP contribution in [0.5, 0.6) is 11.5 Å². The van der Waals surface area contributed by atoms with Gasteiger partial charge in [0.05, 0.1) is 37.4 Å². The Hall–Kier alpha value is -3.53. The minimum Gasteiger partial charge on any atom is -0.490 e. The highest BCUT2D eigenvalue weighted by molar-refractivity contribution is 14.1. The first-order valence-electron chi connectivity index (χ1n) is 11.7. The second-order valence-corrected chi connectivity index (χ2v) is 10.7. The molecule has 1 aliphatic rings. The number of ether oxygens (including phenoxy) is 2. The highest BCUT2D eigenvalue weighted by Gasteiger charge is 2.36. The van der Waals surface area contributed by atoms with Gasteiger partial charge in [0, 0.05) is 5.56 Å². The zero-order chi connectivity index (χ0) is 27.9. The first-order valence-corrected chi connectivity index (χ1v) is 13.9. The van der Waals surface area contributed by atoms with E-state index in [1.165, 1.54) is 0 Å². The van der Waals surface area contributed by atoms with E-state index in [0.717, 1.165) is 25.8 Å². The van der Waals surface area contributed by atoms with Gasteiger partial charge in [-0.1, -0.05) is 41.9 Å². The number of imide groups is 1. The average molecular weight is 674 g/mol. The lowest BCUT2D eigenvalue weighted by Crippen LogP contribution is -2.36. The molecule has 1 saturated heterocycles. The monoisotopic (exact) mass is 673 g/mol. The molecule has 0 atom stereocenters. The van der Waals surface area contributed by atoms with E-state index in [1.54, 1.807) is 54.6 Å². The second kappa shape index (κ2) is 13.0. The van der Waals surface area contributed by atoms with Gasteiger partial charge in [-0.25, -0.2) is 0 Å². The maximum atomic E-state index is 13.0. The van der Waals surface area contributed by atoms with Crippen LogP contribution in [0.15, 0.2) is 65.6 Å². The predicted octanol–water partition coefficient (Wildman–Crippen LogP) is 6.47. The number of anilines is 1. The van der Waals surface area contributed by atoms with E-state index in [4.69, 9.17) is 21.1 Å². The van der Waals surface area contributed by atoms with E-state index in [-0.39, 0.29) is 11.5 Å². The van der Waals surface area contributed by atoms with Crippen molar-refractivity contribution in [3.63, 3.8) is 0 Å². The minimum atomic E-state index is -0.569. The number of nitrogens with one attached hydrogen (secondary N) is 1. The summed E-state index contributed by atoms with van der Waals surface area (Å²) in [4.78, 5) is 39.1. The molecule has 0 saturated carbocycles. The first kappa shape index (κ1) is 28.5. The number of hydrogen-bond acceptors (Lipinski definition) is 7. The maximum absolute atomic E-state index is 13.0. The van der Waals surface area contributed by atoms with Crippen LogP contribution in [0.3, 0.4) is 0 Å². The van der Waals surface area contributed by atoms with Crippen LogP contribution in [-0.2, 0) is 16.2 Å². The van der Waals surface area contributed by atoms with E-state index in [2.05, 4.69) is 34.0 Å². The van der Waals surface area contributed by atoms with Gasteiger partial charge in [-0.15, -0.1) is 0 Å². The van der Waals surface area contributed by atoms with Gasteiger partial charge in [-0.3, -0.25) is 19.3 Å². The Morgan fingerprint density at radius 3 is 2.64 bits per heavy atom. The van der Waals surface area contributed by atoms with Crippen molar-refractivity contribution < 1.29 is 23.9 Å². The number of rotatable bonds is 9. The molecule has 0 aromatic heterocycles. The molecule has 1 N–H and O–H groups in total. The standard InChI is InChI=1S/C28H21ClIN3O5S/c1-2-37-23-12-17(11-21(30)26(23)38-16-19-8-4-3-7-18(19)14-31)13-24-27(35)33(28(36)39-24)15-25(34)32-22-10-6-5-9-20(22)29/h3-13H,2,15-16H2,1H3,(H,32,34)/b24-13+. The maximum Gasteiger partial charge on any atom is 0.294 e. The number of nitriles is 1. The van der Waals surface area contributed by atoms with Gasteiger partial charge in [-0.05, 0) is 83.2 Å². The van der Waals surface area contributed by atoms with E-state index >= 15 is 0 Å². The molecule has 0 aliphatic carbocycles. The Kier molecular flexibility index (Phi) is 9.50. The van der Waals surface area contributed by atoms with Crippen LogP contribution in [0.4, 0.5) is 10.5 Å². The van der Waals surface area contributed by atoms with Gasteiger partial charge in [0.2, 0.25) is 5.91 Å². The largest absolute Gasteiger partial charge is 0.490 e. The number of thioether (sulfide) groups is 1. The van der Waals surface area contributed by atoms with Crippen LogP contribution in [0.2, 0.25) is 5.02 Å². The molecular weight excluding hydrogens is 653 g/mol. The molecule has 0 radical (unpaired) electrons. The van der Waals surface area contributed by atoms with Crippen LogP contribution < -0.4 is 14.8 Å². The van der Waals surface area contributed by atoms with Gasteiger partial charge in [0.25, 0.3) is 11.1 Å². The Balaban J connectivity index is 1.51. The summed E-state index contributed by atoms with van der Waals surface area (Å²) in [5, 5.41) is 11.8. The zero-order valence-electron chi connectivity index (χ0n) is 20.6. The molecule has 3 aromatic carbocycles. The fourth-order valence-electron chi connectivity index (χ4n) is 3.66. The van der Waals surface area contributed by atoms with E-state index in [0.29, 0.717) is 39.9 Å². The van der Waals surface area contributed by atoms with Crippen molar-refractivity contribution in [3.05, 3.63) is 90.9 Å². The molecule has 4 rings (SSSR count). The molecule has 1 fully saturated rings. The minimum absolute atomic E-state index is 0.175. The third-order valence-electron chi connectivity index (χ3n) is 5.46. The van der Waals surface area contributed by atoms with Gasteiger partial charge in [0.1, 0.15) is 13.2 Å². The number of nitrogens with zero attached hydrogens (tertiary/aromatic N) is 2. The van der Waals surface area contributed by atoms with Crippen LogP contribution in [0.25, 0.3) is 6.08 Å². The molecular formula is C28H21ClIN3O5S. The van der Waals surface area contributed by atoms with E-state index < -0.39 is 23.6 Å². The number of para-hydroxylation sites is 1. The number of carbonyl (C=O) groups is 3. The summed E-state index contributed by atoms with van der Waals surface area (Å²) in [5.41, 5.74) is 2.29. The van der Waals surface area contributed by atoms with E-state index in [1.807, 2.05) is 19.1 Å². The normalized spacial score (nSPS) is 13.9. The van der Waals surface area contributed by atoms with Gasteiger partial charge in [0.15, 0.2) is 11.5 Å². The van der Waals surface area contributed by atoms with Crippen LogP contribution >= 0.6 is 46.0 Å². The molecule has 0 unspecified atom stereocenters. The quantitative estimate of drug-likeness (QED) is 0.205. The lowest BCUT2D eigenvalue weighted by Gasteiger charge is -2.15. The van der Waals surface area contributed by atoms with Gasteiger partial charge in [-0.2, -0.15) is 5.26 Å². The summed E-state index contributed by atoms with van der Waals surface area (Å²) in [6.07, 6.45) is 1.58. The summed E-state index contributed by atoms with van der Waals surface area (Å²) in [6, 6.07) is 19.5.